The van der Waals surface area contributed by atoms with Gasteiger partial charge in [0.25, 0.3) is 5.91 Å². The third kappa shape index (κ3) is 2.46. The second-order valence-corrected chi connectivity index (χ2v) is 6.77. The van der Waals surface area contributed by atoms with E-state index < -0.39 is 0 Å². The third-order valence-electron chi connectivity index (χ3n) is 4.79. The zero-order valence-electron chi connectivity index (χ0n) is 13.7. The van der Waals surface area contributed by atoms with Gasteiger partial charge in [-0.15, -0.1) is 10.2 Å². The molecule has 0 fully saturated rings. The molecule has 1 aliphatic carbocycles. The predicted molar refractivity (Wildman–Crippen MR) is 84.2 cm³/mol. The first-order valence-electron chi connectivity index (χ1n) is 8.46. The molecule has 0 saturated heterocycles. The van der Waals surface area contributed by atoms with Gasteiger partial charge < -0.3 is 13.9 Å². The summed E-state index contributed by atoms with van der Waals surface area (Å²) in [6.07, 6.45) is 4.32. The summed E-state index contributed by atoms with van der Waals surface area (Å²) in [5.74, 6) is 3.66. The van der Waals surface area contributed by atoms with Crippen LogP contribution in [0.25, 0.3) is 0 Å². The highest BCUT2D eigenvalue weighted by Gasteiger charge is 2.28. The molecule has 0 N–H and O–H groups in total. The molecule has 0 saturated carbocycles. The first-order chi connectivity index (χ1) is 11.1. The van der Waals surface area contributed by atoms with Crippen LogP contribution in [0.15, 0.2) is 10.5 Å². The molecule has 0 atom stereocenters. The number of carbonyl (C=O) groups is 1. The van der Waals surface area contributed by atoms with Gasteiger partial charge in [0.05, 0.1) is 6.54 Å². The molecule has 0 unspecified atom stereocenters. The Bertz CT molecular complexity index is 720. The molecule has 1 aliphatic heterocycles. The molecule has 0 radical (unpaired) electrons. The largest absolute Gasteiger partial charge is 0.456 e. The fourth-order valence-electron chi connectivity index (χ4n) is 3.53. The second-order valence-electron chi connectivity index (χ2n) is 6.77. The van der Waals surface area contributed by atoms with E-state index in [1.807, 2.05) is 11.0 Å². The van der Waals surface area contributed by atoms with E-state index in [1.54, 1.807) is 0 Å². The van der Waals surface area contributed by atoms with Crippen LogP contribution in [-0.2, 0) is 25.9 Å². The molecule has 0 spiro atoms. The number of rotatable bonds is 2. The monoisotopic (exact) mass is 314 g/mol. The summed E-state index contributed by atoms with van der Waals surface area (Å²) < 4.78 is 7.96. The topological polar surface area (TPSA) is 64.2 Å². The molecule has 3 heterocycles. The minimum absolute atomic E-state index is 0.0280. The second kappa shape index (κ2) is 5.51. The van der Waals surface area contributed by atoms with Crippen LogP contribution in [0.2, 0.25) is 0 Å². The minimum Gasteiger partial charge on any atom is -0.456 e. The molecule has 1 amide bonds. The minimum atomic E-state index is -0.0280. The number of aryl methyl sites for hydroxylation is 2. The SMILES string of the molecule is CC(C)c1nnc2n1CCN(C(=O)c1cc3c(o1)CCCC3)C2. The summed E-state index contributed by atoms with van der Waals surface area (Å²) in [5, 5.41) is 8.53. The molecule has 122 valence electrons. The Morgan fingerprint density at radius 2 is 2.04 bits per heavy atom. The molecule has 6 nitrogen and oxygen atoms in total. The number of furan rings is 1. The summed E-state index contributed by atoms with van der Waals surface area (Å²) in [5.41, 5.74) is 1.21. The Balaban J connectivity index is 1.55. The summed E-state index contributed by atoms with van der Waals surface area (Å²) in [7, 11) is 0. The van der Waals surface area contributed by atoms with E-state index in [1.165, 1.54) is 12.0 Å². The van der Waals surface area contributed by atoms with E-state index in [-0.39, 0.29) is 5.91 Å². The van der Waals surface area contributed by atoms with E-state index in [2.05, 4.69) is 28.6 Å². The Morgan fingerprint density at radius 3 is 2.83 bits per heavy atom. The molecular formula is C17H22N4O2. The lowest BCUT2D eigenvalue weighted by molar-refractivity contribution is 0.0672. The van der Waals surface area contributed by atoms with Crippen LogP contribution in [0.5, 0.6) is 0 Å². The van der Waals surface area contributed by atoms with Crippen molar-refractivity contribution in [1.29, 1.82) is 0 Å². The Hall–Kier alpha value is -2.11. The van der Waals surface area contributed by atoms with E-state index in [0.717, 1.165) is 43.2 Å². The number of hydrogen-bond donors (Lipinski definition) is 0. The van der Waals surface area contributed by atoms with Gasteiger partial charge in [0.15, 0.2) is 11.6 Å². The van der Waals surface area contributed by atoms with E-state index in [0.29, 0.717) is 24.8 Å². The molecule has 2 aromatic heterocycles. The number of aromatic nitrogens is 3. The molecule has 4 rings (SSSR count). The number of amides is 1. The van der Waals surface area contributed by atoms with Gasteiger partial charge in [0, 0.05) is 25.4 Å². The van der Waals surface area contributed by atoms with Crippen molar-refractivity contribution in [3.05, 3.63) is 34.8 Å². The van der Waals surface area contributed by atoms with Crippen molar-refractivity contribution in [2.24, 2.45) is 0 Å². The predicted octanol–water partition coefficient (Wildman–Crippen LogP) is 2.53. The van der Waals surface area contributed by atoms with Gasteiger partial charge in [0.1, 0.15) is 11.6 Å². The standard InChI is InChI=1S/C17H22N4O2/c1-11(2)16-19-18-15-10-20(7-8-21(15)16)17(22)14-9-12-5-3-4-6-13(12)23-14/h9,11H,3-8,10H2,1-2H3. The van der Waals surface area contributed by atoms with Gasteiger partial charge in [-0.3, -0.25) is 4.79 Å². The average Bonchev–Trinajstić information content (AvgIpc) is 3.17. The van der Waals surface area contributed by atoms with Crippen molar-refractivity contribution in [2.45, 2.75) is 58.5 Å². The van der Waals surface area contributed by atoms with Crippen LogP contribution in [0.3, 0.4) is 0 Å². The molecule has 2 aromatic rings. The molecule has 6 heteroatoms. The van der Waals surface area contributed by atoms with E-state index in [9.17, 15) is 4.79 Å². The lowest BCUT2D eigenvalue weighted by Crippen LogP contribution is -2.38. The Morgan fingerprint density at radius 1 is 1.22 bits per heavy atom. The van der Waals surface area contributed by atoms with Gasteiger partial charge in [-0.2, -0.15) is 0 Å². The highest BCUT2D eigenvalue weighted by molar-refractivity contribution is 5.91. The van der Waals surface area contributed by atoms with Gasteiger partial charge in [-0.1, -0.05) is 13.8 Å². The highest BCUT2D eigenvalue weighted by Crippen LogP contribution is 2.26. The molecule has 0 aromatic carbocycles. The van der Waals surface area contributed by atoms with E-state index in [4.69, 9.17) is 4.42 Å². The van der Waals surface area contributed by atoms with Crippen molar-refractivity contribution in [3.8, 4) is 0 Å². The quantitative estimate of drug-likeness (QED) is 0.854. The van der Waals surface area contributed by atoms with Crippen LogP contribution in [0.1, 0.15) is 66.1 Å². The van der Waals surface area contributed by atoms with Crippen LogP contribution >= 0.6 is 0 Å². The number of carbonyl (C=O) groups excluding carboxylic acids is 1. The fourth-order valence-corrected chi connectivity index (χ4v) is 3.53. The normalized spacial score (nSPS) is 17.3. The summed E-state index contributed by atoms with van der Waals surface area (Å²) in [6.45, 7) is 6.16. The van der Waals surface area contributed by atoms with Crippen LogP contribution in [0.4, 0.5) is 0 Å². The van der Waals surface area contributed by atoms with E-state index >= 15 is 0 Å². The lowest BCUT2D eigenvalue weighted by Gasteiger charge is -2.27. The Labute approximate surface area is 135 Å². The maximum Gasteiger partial charge on any atom is 0.290 e. The smallest absolute Gasteiger partial charge is 0.290 e. The third-order valence-corrected chi connectivity index (χ3v) is 4.79. The first kappa shape index (κ1) is 14.5. The van der Waals surface area contributed by atoms with Crippen molar-refractivity contribution in [1.82, 2.24) is 19.7 Å². The highest BCUT2D eigenvalue weighted by atomic mass is 16.4. The summed E-state index contributed by atoms with van der Waals surface area (Å²) in [4.78, 5) is 14.6. The maximum absolute atomic E-state index is 12.7. The molecule has 0 bridgehead atoms. The molecule has 23 heavy (non-hydrogen) atoms. The van der Waals surface area contributed by atoms with Crippen LogP contribution in [-0.4, -0.2) is 32.1 Å². The van der Waals surface area contributed by atoms with Gasteiger partial charge in [0.2, 0.25) is 0 Å². The fraction of sp³-hybridized carbons (Fsp3) is 0.588. The molecule has 2 aliphatic rings. The Kier molecular flexibility index (Phi) is 3.47. The first-order valence-corrected chi connectivity index (χ1v) is 8.46. The summed E-state index contributed by atoms with van der Waals surface area (Å²) in [6, 6.07) is 1.94. The molecular weight excluding hydrogens is 292 g/mol. The average molecular weight is 314 g/mol. The van der Waals surface area contributed by atoms with Crippen molar-refractivity contribution in [2.75, 3.05) is 6.54 Å². The zero-order valence-corrected chi connectivity index (χ0v) is 13.7. The van der Waals surface area contributed by atoms with Gasteiger partial charge in [-0.05, 0) is 30.9 Å². The van der Waals surface area contributed by atoms with Crippen molar-refractivity contribution < 1.29 is 9.21 Å². The van der Waals surface area contributed by atoms with Crippen molar-refractivity contribution in [3.63, 3.8) is 0 Å². The number of nitrogens with zero attached hydrogens (tertiary/aromatic N) is 4. The number of hydrogen-bond acceptors (Lipinski definition) is 4. The zero-order chi connectivity index (χ0) is 16.0. The van der Waals surface area contributed by atoms with Crippen LogP contribution < -0.4 is 0 Å². The maximum atomic E-state index is 12.7. The van der Waals surface area contributed by atoms with Gasteiger partial charge >= 0.3 is 0 Å². The lowest BCUT2D eigenvalue weighted by atomic mass is 9.99. The van der Waals surface area contributed by atoms with Gasteiger partial charge in [-0.25, -0.2) is 0 Å². The number of fused-ring (bicyclic) bond motifs is 2. The van der Waals surface area contributed by atoms with Crippen molar-refractivity contribution >= 4 is 5.91 Å². The van der Waals surface area contributed by atoms with Crippen LogP contribution in [0, 0.1) is 0 Å². The summed E-state index contributed by atoms with van der Waals surface area (Å²) >= 11 is 0.